The van der Waals surface area contributed by atoms with Gasteiger partial charge in [0.05, 0.1) is 5.54 Å². The van der Waals surface area contributed by atoms with Crippen LogP contribution in [0.15, 0.2) is 0 Å². The minimum absolute atomic E-state index is 0.234. The van der Waals surface area contributed by atoms with Gasteiger partial charge in [0.25, 0.3) is 0 Å². The van der Waals surface area contributed by atoms with Gasteiger partial charge in [-0.2, -0.15) is 0 Å². The molecule has 2 rings (SSSR count). The lowest BCUT2D eigenvalue weighted by atomic mass is 9.67. The van der Waals surface area contributed by atoms with Gasteiger partial charge in [-0.05, 0) is 44.9 Å². The van der Waals surface area contributed by atoms with Crippen molar-refractivity contribution in [1.82, 2.24) is 4.90 Å². The highest BCUT2D eigenvalue weighted by molar-refractivity contribution is 6.18. The first-order valence-electron chi connectivity index (χ1n) is 7.79. The molecule has 0 aromatic rings. The molecule has 2 aliphatic carbocycles. The summed E-state index contributed by atoms with van der Waals surface area (Å²) in [6.07, 6.45) is 8.97. The Morgan fingerprint density at radius 3 is 2.42 bits per heavy atom. The molecule has 0 heterocycles. The van der Waals surface area contributed by atoms with Gasteiger partial charge in [-0.15, -0.1) is 11.6 Å². The number of hydrogen-bond acceptors (Lipinski definition) is 1. The summed E-state index contributed by atoms with van der Waals surface area (Å²) in [6, 6.07) is 0. The number of carbonyl (C=O) groups is 1. The first-order chi connectivity index (χ1) is 8.95. The highest BCUT2D eigenvalue weighted by Gasteiger charge is 2.38. The third-order valence-electron chi connectivity index (χ3n) is 5.45. The molecular formula is C16H28ClNO. The van der Waals surface area contributed by atoms with Crippen LogP contribution in [0, 0.1) is 17.8 Å². The molecule has 0 spiro atoms. The summed E-state index contributed by atoms with van der Waals surface area (Å²) in [5, 5.41) is 0. The van der Waals surface area contributed by atoms with Crippen molar-refractivity contribution >= 4 is 17.5 Å². The zero-order chi connectivity index (χ0) is 14.0. The van der Waals surface area contributed by atoms with Crippen LogP contribution in [-0.2, 0) is 4.79 Å². The standard InChI is InChI=1S/C16H28ClNO/c1-16(2,11-17)18(3)15(19)14-9-8-12-6-4-5-7-13(12)10-14/h12-14H,4-11H2,1-3H3. The van der Waals surface area contributed by atoms with E-state index in [1.807, 2.05) is 25.8 Å². The van der Waals surface area contributed by atoms with E-state index in [1.165, 1.54) is 32.1 Å². The zero-order valence-electron chi connectivity index (χ0n) is 12.6. The SMILES string of the molecule is CN(C(=O)C1CCC2CCCCC2C1)C(C)(C)CCl. The van der Waals surface area contributed by atoms with E-state index in [2.05, 4.69) is 0 Å². The number of rotatable bonds is 3. The van der Waals surface area contributed by atoms with E-state index >= 15 is 0 Å². The fraction of sp³-hybridized carbons (Fsp3) is 0.938. The highest BCUT2D eigenvalue weighted by atomic mass is 35.5. The normalized spacial score (nSPS) is 31.7. The molecule has 0 radical (unpaired) electrons. The molecule has 3 atom stereocenters. The van der Waals surface area contributed by atoms with Crippen molar-refractivity contribution < 1.29 is 4.79 Å². The summed E-state index contributed by atoms with van der Waals surface area (Å²) in [6.45, 7) is 4.09. The van der Waals surface area contributed by atoms with E-state index in [-0.39, 0.29) is 11.5 Å². The van der Waals surface area contributed by atoms with Gasteiger partial charge in [0, 0.05) is 18.8 Å². The van der Waals surface area contributed by atoms with Crippen molar-refractivity contribution in [3.8, 4) is 0 Å². The van der Waals surface area contributed by atoms with Crippen LogP contribution < -0.4 is 0 Å². The number of alkyl halides is 1. The van der Waals surface area contributed by atoms with Gasteiger partial charge in [-0.25, -0.2) is 0 Å². The minimum Gasteiger partial charge on any atom is -0.339 e. The number of carbonyl (C=O) groups excluding carboxylic acids is 1. The highest BCUT2D eigenvalue weighted by Crippen LogP contribution is 2.43. The predicted molar refractivity (Wildman–Crippen MR) is 80.4 cm³/mol. The number of amides is 1. The number of fused-ring (bicyclic) bond motifs is 1. The Bertz CT molecular complexity index is 329. The monoisotopic (exact) mass is 285 g/mol. The van der Waals surface area contributed by atoms with Gasteiger partial charge >= 0.3 is 0 Å². The largest absolute Gasteiger partial charge is 0.339 e. The fourth-order valence-electron chi connectivity index (χ4n) is 3.76. The molecule has 19 heavy (non-hydrogen) atoms. The summed E-state index contributed by atoms with van der Waals surface area (Å²) >= 11 is 5.99. The Balaban J connectivity index is 1.97. The maximum absolute atomic E-state index is 12.6. The zero-order valence-corrected chi connectivity index (χ0v) is 13.4. The van der Waals surface area contributed by atoms with Crippen molar-refractivity contribution in [3.63, 3.8) is 0 Å². The molecule has 1 amide bonds. The molecule has 2 nitrogen and oxygen atoms in total. The van der Waals surface area contributed by atoms with Crippen LogP contribution in [-0.4, -0.2) is 29.3 Å². The Morgan fingerprint density at radius 2 is 1.79 bits per heavy atom. The third-order valence-corrected chi connectivity index (χ3v) is 6.11. The molecule has 2 aliphatic rings. The molecule has 2 fully saturated rings. The second-order valence-corrected chi connectivity index (χ2v) is 7.43. The van der Waals surface area contributed by atoms with Crippen LogP contribution in [0.5, 0.6) is 0 Å². The molecule has 3 unspecified atom stereocenters. The topological polar surface area (TPSA) is 20.3 Å². The second kappa shape index (κ2) is 6.03. The van der Waals surface area contributed by atoms with Gasteiger partial charge in [-0.3, -0.25) is 4.79 Å². The Hall–Kier alpha value is -0.240. The smallest absolute Gasteiger partial charge is 0.225 e. The van der Waals surface area contributed by atoms with Gasteiger partial charge < -0.3 is 4.90 Å². The van der Waals surface area contributed by atoms with E-state index in [0.29, 0.717) is 11.8 Å². The molecule has 2 saturated carbocycles. The molecule has 0 aromatic carbocycles. The molecule has 0 aromatic heterocycles. The lowest BCUT2D eigenvalue weighted by molar-refractivity contribution is -0.140. The van der Waals surface area contributed by atoms with Crippen molar-refractivity contribution in [2.24, 2.45) is 17.8 Å². The van der Waals surface area contributed by atoms with Crippen LogP contribution in [0.4, 0.5) is 0 Å². The van der Waals surface area contributed by atoms with Crippen molar-refractivity contribution in [1.29, 1.82) is 0 Å². The van der Waals surface area contributed by atoms with Crippen molar-refractivity contribution in [2.75, 3.05) is 12.9 Å². The van der Waals surface area contributed by atoms with Gasteiger partial charge in [0.1, 0.15) is 0 Å². The van der Waals surface area contributed by atoms with E-state index in [0.717, 1.165) is 24.7 Å². The van der Waals surface area contributed by atoms with Gasteiger partial charge in [0.2, 0.25) is 5.91 Å². The summed E-state index contributed by atoms with van der Waals surface area (Å²) in [5.41, 5.74) is -0.234. The Morgan fingerprint density at radius 1 is 1.16 bits per heavy atom. The quantitative estimate of drug-likeness (QED) is 0.716. The fourth-order valence-corrected chi connectivity index (χ4v) is 3.94. The second-order valence-electron chi connectivity index (χ2n) is 7.16. The number of hydrogen-bond donors (Lipinski definition) is 0. The Kier molecular flexibility index (Phi) is 4.81. The van der Waals surface area contributed by atoms with Gasteiger partial charge in [0.15, 0.2) is 0 Å². The summed E-state index contributed by atoms with van der Waals surface area (Å²) < 4.78 is 0. The van der Waals surface area contributed by atoms with Crippen LogP contribution in [0.3, 0.4) is 0 Å². The first-order valence-corrected chi connectivity index (χ1v) is 8.33. The first kappa shape index (κ1) is 15.2. The molecular weight excluding hydrogens is 258 g/mol. The summed E-state index contributed by atoms with van der Waals surface area (Å²) in [4.78, 5) is 14.5. The minimum atomic E-state index is -0.234. The van der Waals surface area contributed by atoms with Crippen LogP contribution in [0.25, 0.3) is 0 Å². The van der Waals surface area contributed by atoms with E-state index in [1.54, 1.807) is 0 Å². The van der Waals surface area contributed by atoms with Crippen LogP contribution in [0.2, 0.25) is 0 Å². The molecule has 0 saturated heterocycles. The molecule has 0 aliphatic heterocycles. The summed E-state index contributed by atoms with van der Waals surface area (Å²) in [5.74, 6) is 2.77. The van der Waals surface area contributed by atoms with E-state index in [9.17, 15) is 4.79 Å². The number of nitrogens with zero attached hydrogens (tertiary/aromatic N) is 1. The van der Waals surface area contributed by atoms with Gasteiger partial charge in [-0.1, -0.05) is 25.7 Å². The average molecular weight is 286 g/mol. The van der Waals surface area contributed by atoms with Crippen LogP contribution >= 0.6 is 11.6 Å². The van der Waals surface area contributed by atoms with E-state index < -0.39 is 0 Å². The molecule has 0 N–H and O–H groups in total. The van der Waals surface area contributed by atoms with Crippen LogP contribution in [0.1, 0.15) is 58.8 Å². The van der Waals surface area contributed by atoms with E-state index in [4.69, 9.17) is 11.6 Å². The Labute approximate surface area is 122 Å². The van der Waals surface area contributed by atoms with Crippen molar-refractivity contribution in [3.05, 3.63) is 0 Å². The average Bonchev–Trinajstić information content (AvgIpc) is 2.45. The van der Waals surface area contributed by atoms with Crippen molar-refractivity contribution in [2.45, 2.75) is 64.3 Å². The maximum Gasteiger partial charge on any atom is 0.225 e. The summed E-state index contributed by atoms with van der Waals surface area (Å²) in [7, 11) is 1.91. The number of halogens is 1. The predicted octanol–water partition coefficient (Wildman–Crippen LogP) is 4.07. The lowest BCUT2D eigenvalue weighted by Gasteiger charge is -2.42. The molecule has 3 heteroatoms. The maximum atomic E-state index is 12.6. The lowest BCUT2D eigenvalue weighted by Crippen LogP contribution is -2.50. The third kappa shape index (κ3) is 3.26. The molecule has 0 bridgehead atoms. The molecule has 110 valence electrons.